The highest BCUT2D eigenvalue weighted by atomic mass is 35.5. The number of hydrogen-bond acceptors (Lipinski definition) is 4. The number of amides is 1. The topological polar surface area (TPSA) is 58.1 Å². The van der Waals surface area contributed by atoms with Gasteiger partial charge in [-0.15, -0.1) is 0 Å². The molecule has 0 aliphatic carbocycles. The van der Waals surface area contributed by atoms with E-state index in [2.05, 4.69) is 20.2 Å². The summed E-state index contributed by atoms with van der Waals surface area (Å²) in [7, 11) is 0. The van der Waals surface area contributed by atoms with E-state index in [-0.39, 0.29) is 11.9 Å². The lowest BCUT2D eigenvalue weighted by atomic mass is 10.1. The fraction of sp³-hybridized carbons (Fsp3) is 0.583. The van der Waals surface area contributed by atoms with Crippen molar-refractivity contribution < 1.29 is 4.79 Å². The van der Waals surface area contributed by atoms with Crippen LogP contribution in [0.2, 0.25) is 5.15 Å². The minimum absolute atomic E-state index is 0.0963. The number of piperidine rings is 1. The number of hydrogen-bond donors (Lipinski definition) is 1. The Labute approximate surface area is 112 Å². The predicted molar refractivity (Wildman–Crippen MR) is 70.7 cm³/mol. The largest absolute Gasteiger partial charge is 0.353 e. The maximum absolute atomic E-state index is 11.4. The molecule has 1 fully saturated rings. The van der Waals surface area contributed by atoms with Crippen molar-refractivity contribution in [3.8, 4) is 0 Å². The molecule has 6 heteroatoms. The summed E-state index contributed by atoms with van der Waals surface area (Å²) in [6.45, 7) is 3.55. The van der Waals surface area contributed by atoms with Gasteiger partial charge in [0.2, 0.25) is 5.91 Å². The molecule has 0 unspecified atom stereocenters. The van der Waals surface area contributed by atoms with Crippen LogP contribution in [0.1, 0.15) is 26.2 Å². The lowest BCUT2D eigenvalue weighted by Gasteiger charge is -2.33. The van der Waals surface area contributed by atoms with Gasteiger partial charge in [0.1, 0.15) is 11.0 Å². The number of nitrogens with one attached hydrogen (secondary N) is 1. The van der Waals surface area contributed by atoms with Crippen molar-refractivity contribution in [2.45, 2.75) is 32.2 Å². The maximum atomic E-state index is 11.4. The SMILES string of the molecule is CCC(=O)N[C@@H]1CCCN(c2cncc(Cl)n2)C1. The molecule has 0 bridgehead atoms. The minimum Gasteiger partial charge on any atom is -0.353 e. The van der Waals surface area contributed by atoms with Gasteiger partial charge in [0.05, 0.1) is 12.4 Å². The molecule has 18 heavy (non-hydrogen) atoms. The van der Waals surface area contributed by atoms with E-state index >= 15 is 0 Å². The molecule has 0 saturated carbocycles. The van der Waals surface area contributed by atoms with E-state index < -0.39 is 0 Å². The second-order valence-corrected chi connectivity index (χ2v) is 4.79. The molecule has 98 valence electrons. The molecule has 1 atom stereocenters. The fourth-order valence-corrected chi connectivity index (χ4v) is 2.26. The van der Waals surface area contributed by atoms with Gasteiger partial charge in [-0.25, -0.2) is 4.98 Å². The quantitative estimate of drug-likeness (QED) is 0.905. The third kappa shape index (κ3) is 3.32. The van der Waals surface area contributed by atoms with Crippen LogP contribution in [0.25, 0.3) is 0 Å². The monoisotopic (exact) mass is 268 g/mol. The molecular formula is C12H17ClN4O. The van der Waals surface area contributed by atoms with Crippen LogP contribution < -0.4 is 10.2 Å². The Kier molecular flexibility index (Phi) is 4.36. The van der Waals surface area contributed by atoms with Crippen LogP contribution >= 0.6 is 11.6 Å². The van der Waals surface area contributed by atoms with Gasteiger partial charge < -0.3 is 10.2 Å². The summed E-state index contributed by atoms with van der Waals surface area (Å²) in [4.78, 5) is 21.8. The zero-order chi connectivity index (χ0) is 13.0. The van der Waals surface area contributed by atoms with E-state index in [0.717, 1.165) is 31.7 Å². The summed E-state index contributed by atoms with van der Waals surface area (Å²) >= 11 is 5.84. The lowest BCUT2D eigenvalue weighted by molar-refractivity contribution is -0.121. The summed E-state index contributed by atoms with van der Waals surface area (Å²) in [5.41, 5.74) is 0. The second kappa shape index (κ2) is 6.00. The maximum Gasteiger partial charge on any atom is 0.219 e. The van der Waals surface area contributed by atoms with Gasteiger partial charge in [0.15, 0.2) is 0 Å². The number of anilines is 1. The van der Waals surface area contributed by atoms with Crippen molar-refractivity contribution in [1.29, 1.82) is 0 Å². The van der Waals surface area contributed by atoms with Crippen LogP contribution in [0.3, 0.4) is 0 Å². The Bertz CT molecular complexity index is 426. The van der Waals surface area contributed by atoms with Gasteiger partial charge in [-0.05, 0) is 12.8 Å². The molecule has 0 radical (unpaired) electrons. The van der Waals surface area contributed by atoms with Crippen molar-refractivity contribution in [3.05, 3.63) is 17.5 Å². The summed E-state index contributed by atoms with van der Waals surface area (Å²) in [5, 5.41) is 3.42. The molecule has 1 amide bonds. The number of carbonyl (C=O) groups is 1. The van der Waals surface area contributed by atoms with Crippen molar-refractivity contribution in [1.82, 2.24) is 15.3 Å². The van der Waals surface area contributed by atoms with Crippen LogP contribution in [-0.4, -0.2) is 35.0 Å². The Hall–Kier alpha value is -1.36. The Morgan fingerprint density at radius 3 is 3.17 bits per heavy atom. The van der Waals surface area contributed by atoms with Gasteiger partial charge in [0, 0.05) is 25.6 Å². The van der Waals surface area contributed by atoms with Crippen LogP contribution in [0.5, 0.6) is 0 Å². The van der Waals surface area contributed by atoms with Crippen LogP contribution in [0.15, 0.2) is 12.4 Å². The molecule has 5 nitrogen and oxygen atoms in total. The molecule has 2 heterocycles. The second-order valence-electron chi connectivity index (χ2n) is 4.41. The number of rotatable bonds is 3. The van der Waals surface area contributed by atoms with Crippen molar-refractivity contribution in [3.63, 3.8) is 0 Å². The molecule has 0 spiro atoms. The number of carbonyl (C=O) groups excluding carboxylic acids is 1. The van der Waals surface area contributed by atoms with E-state index in [0.29, 0.717) is 11.6 Å². The van der Waals surface area contributed by atoms with Crippen LogP contribution in [-0.2, 0) is 4.79 Å². The zero-order valence-corrected chi connectivity index (χ0v) is 11.2. The summed E-state index contributed by atoms with van der Waals surface area (Å²) in [6, 6.07) is 0.187. The van der Waals surface area contributed by atoms with Crippen molar-refractivity contribution in [2.75, 3.05) is 18.0 Å². The third-order valence-electron chi connectivity index (χ3n) is 3.02. The minimum atomic E-state index is 0.0963. The van der Waals surface area contributed by atoms with E-state index in [1.165, 1.54) is 6.20 Å². The highest BCUT2D eigenvalue weighted by molar-refractivity contribution is 6.29. The molecule has 1 aliphatic heterocycles. The van der Waals surface area contributed by atoms with E-state index in [1.807, 2.05) is 6.92 Å². The highest BCUT2D eigenvalue weighted by Crippen LogP contribution is 2.18. The average molecular weight is 269 g/mol. The first-order valence-electron chi connectivity index (χ1n) is 6.21. The Morgan fingerprint density at radius 2 is 2.44 bits per heavy atom. The molecule has 0 aromatic carbocycles. The van der Waals surface area contributed by atoms with Gasteiger partial charge in [-0.1, -0.05) is 18.5 Å². The first-order chi connectivity index (χ1) is 8.69. The van der Waals surface area contributed by atoms with E-state index in [4.69, 9.17) is 11.6 Å². The average Bonchev–Trinajstić information content (AvgIpc) is 2.39. The molecule has 1 saturated heterocycles. The molecule has 1 aliphatic rings. The van der Waals surface area contributed by atoms with Crippen LogP contribution in [0.4, 0.5) is 5.82 Å². The zero-order valence-electron chi connectivity index (χ0n) is 10.4. The Morgan fingerprint density at radius 1 is 1.61 bits per heavy atom. The first-order valence-corrected chi connectivity index (χ1v) is 6.58. The number of halogens is 1. The van der Waals surface area contributed by atoms with Gasteiger partial charge in [0.25, 0.3) is 0 Å². The van der Waals surface area contributed by atoms with E-state index in [9.17, 15) is 4.79 Å². The summed E-state index contributed by atoms with van der Waals surface area (Å²) in [5.74, 6) is 0.872. The smallest absolute Gasteiger partial charge is 0.219 e. The third-order valence-corrected chi connectivity index (χ3v) is 3.21. The number of aromatic nitrogens is 2. The number of nitrogens with zero attached hydrogens (tertiary/aromatic N) is 3. The van der Waals surface area contributed by atoms with Crippen LogP contribution in [0, 0.1) is 0 Å². The predicted octanol–water partition coefficient (Wildman–Crippen LogP) is 1.62. The Balaban J connectivity index is 2.00. The van der Waals surface area contributed by atoms with Crippen molar-refractivity contribution in [2.24, 2.45) is 0 Å². The van der Waals surface area contributed by atoms with Gasteiger partial charge in [-0.3, -0.25) is 9.78 Å². The lowest BCUT2D eigenvalue weighted by Crippen LogP contribution is -2.48. The first kappa shape index (κ1) is 13.1. The normalized spacial score (nSPS) is 19.7. The molecule has 1 aromatic rings. The molecule has 1 aromatic heterocycles. The molecule has 1 N–H and O–H groups in total. The summed E-state index contributed by atoms with van der Waals surface area (Å²) < 4.78 is 0. The van der Waals surface area contributed by atoms with Gasteiger partial charge in [-0.2, -0.15) is 0 Å². The van der Waals surface area contributed by atoms with E-state index in [1.54, 1.807) is 6.20 Å². The highest BCUT2D eigenvalue weighted by Gasteiger charge is 2.22. The summed E-state index contributed by atoms with van der Waals surface area (Å²) in [6.07, 6.45) is 5.79. The molecular weight excluding hydrogens is 252 g/mol. The standard InChI is InChI=1S/C12H17ClN4O/c1-2-12(18)15-9-4-3-5-17(8-9)11-7-14-6-10(13)16-11/h6-7,9H,2-5,8H2,1H3,(H,15,18)/t9-/m1/s1. The van der Waals surface area contributed by atoms with Gasteiger partial charge >= 0.3 is 0 Å². The fourth-order valence-electron chi connectivity index (χ4n) is 2.12. The van der Waals surface area contributed by atoms with Crippen molar-refractivity contribution >= 4 is 23.3 Å². The molecule has 2 rings (SSSR count).